The van der Waals surface area contributed by atoms with Crippen LogP contribution < -0.4 is 24.4 Å². The molecule has 2 aromatic rings. The van der Waals surface area contributed by atoms with Crippen molar-refractivity contribution in [3.8, 4) is 17.2 Å². The zero-order valence-corrected chi connectivity index (χ0v) is 15.6. The van der Waals surface area contributed by atoms with E-state index in [2.05, 4.69) is 10.3 Å². The van der Waals surface area contributed by atoms with Crippen molar-refractivity contribution < 1.29 is 23.8 Å². The smallest absolute Gasteiger partial charge is 0.282 e. The standard InChI is InChI=1S/C19H21N3O5/c1-5-22-16-14(7-6-10-20-16)27-19(2,18(22)24)17(23)21-13-9-8-12(25-3)11-15(13)26-4/h6-11H,5H2,1-4H3,(H,21,23)/t19-/m1/s1. The highest BCUT2D eigenvalue weighted by atomic mass is 16.5. The van der Waals surface area contributed by atoms with E-state index in [1.165, 1.54) is 26.0 Å². The van der Waals surface area contributed by atoms with Crippen LogP contribution in [0.25, 0.3) is 0 Å². The van der Waals surface area contributed by atoms with Crippen LogP contribution in [0.1, 0.15) is 13.8 Å². The van der Waals surface area contributed by atoms with Gasteiger partial charge in [-0.25, -0.2) is 4.98 Å². The molecule has 27 heavy (non-hydrogen) atoms. The average molecular weight is 371 g/mol. The summed E-state index contributed by atoms with van der Waals surface area (Å²) in [4.78, 5) is 31.6. The SMILES string of the molecule is CCN1C(=O)[C@@](C)(C(=O)Nc2ccc(OC)cc2OC)Oc2cccnc21. The average Bonchev–Trinajstić information content (AvgIpc) is 2.69. The zero-order chi connectivity index (χ0) is 19.6. The minimum atomic E-state index is -1.74. The highest BCUT2D eigenvalue weighted by Gasteiger charge is 2.51. The fraction of sp³-hybridized carbons (Fsp3) is 0.316. The van der Waals surface area contributed by atoms with Crippen molar-refractivity contribution in [2.45, 2.75) is 19.4 Å². The fourth-order valence-electron chi connectivity index (χ4n) is 2.86. The molecule has 3 rings (SSSR count). The van der Waals surface area contributed by atoms with Gasteiger partial charge in [-0.05, 0) is 38.1 Å². The molecule has 0 fully saturated rings. The number of fused-ring (bicyclic) bond motifs is 1. The Labute approximate surface area is 157 Å². The van der Waals surface area contributed by atoms with E-state index in [9.17, 15) is 9.59 Å². The summed E-state index contributed by atoms with van der Waals surface area (Å²) in [6.45, 7) is 3.62. The molecule has 1 N–H and O–H groups in total. The summed E-state index contributed by atoms with van der Waals surface area (Å²) in [5, 5.41) is 2.72. The number of carbonyl (C=O) groups excluding carboxylic acids is 2. The van der Waals surface area contributed by atoms with Crippen LogP contribution in [0.15, 0.2) is 36.5 Å². The molecule has 1 atom stereocenters. The monoisotopic (exact) mass is 371 g/mol. The first-order valence-corrected chi connectivity index (χ1v) is 8.44. The van der Waals surface area contributed by atoms with Gasteiger partial charge in [0.05, 0.1) is 19.9 Å². The van der Waals surface area contributed by atoms with Gasteiger partial charge < -0.3 is 19.5 Å². The second-order valence-electron chi connectivity index (χ2n) is 6.03. The molecule has 0 spiro atoms. The molecule has 2 amide bonds. The quantitative estimate of drug-likeness (QED) is 0.811. The lowest BCUT2D eigenvalue weighted by Gasteiger charge is -2.38. The van der Waals surface area contributed by atoms with Crippen molar-refractivity contribution in [3.63, 3.8) is 0 Å². The summed E-state index contributed by atoms with van der Waals surface area (Å²) in [6.07, 6.45) is 1.57. The number of carbonyl (C=O) groups is 2. The molecule has 0 radical (unpaired) electrons. The molecular weight excluding hydrogens is 350 g/mol. The van der Waals surface area contributed by atoms with Crippen LogP contribution in [-0.2, 0) is 9.59 Å². The van der Waals surface area contributed by atoms with Crippen molar-refractivity contribution in [2.75, 3.05) is 31.0 Å². The largest absolute Gasteiger partial charge is 0.497 e. The van der Waals surface area contributed by atoms with Crippen molar-refractivity contribution in [1.82, 2.24) is 4.98 Å². The molecule has 0 bridgehead atoms. The van der Waals surface area contributed by atoms with Gasteiger partial charge in [0, 0.05) is 18.8 Å². The van der Waals surface area contributed by atoms with Crippen LogP contribution in [0.4, 0.5) is 11.5 Å². The molecule has 0 saturated carbocycles. The number of methoxy groups -OCH3 is 2. The van der Waals surface area contributed by atoms with E-state index in [4.69, 9.17) is 14.2 Å². The summed E-state index contributed by atoms with van der Waals surface area (Å²) in [6, 6.07) is 8.32. The first kappa shape index (κ1) is 18.5. The van der Waals surface area contributed by atoms with Gasteiger partial charge in [0.2, 0.25) is 0 Å². The summed E-state index contributed by atoms with van der Waals surface area (Å²) in [7, 11) is 3.02. The number of hydrogen-bond acceptors (Lipinski definition) is 6. The Morgan fingerprint density at radius 1 is 1.30 bits per heavy atom. The van der Waals surface area contributed by atoms with E-state index in [1.807, 2.05) is 6.92 Å². The number of likely N-dealkylation sites (N-methyl/N-ethyl adjacent to an activating group) is 1. The highest BCUT2D eigenvalue weighted by molar-refractivity contribution is 6.19. The maximum absolute atomic E-state index is 13.0. The van der Waals surface area contributed by atoms with Gasteiger partial charge in [-0.15, -0.1) is 0 Å². The molecular formula is C19H21N3O5. The lowest BCUT2D eigenvalue weighted by Crippen LogP contribution is -2.60. The third-order valence-electron chi connectivity index (χ3n) is 4.38. The predicted octanol–water partition coefficient (Wildman–Crippen LogP) is 2.24. The van der Waals surface area contributed by atoms with Gasteiger partial charge >= 0.3 is 0 Å². The van der Waals surface area contributed by atoms with E-state index in [-0.39, 0.29) is 0 Å². The molecule has 1 aliphatic rings. The van der Waals surface area contributed by atoms with Gasteiger partial charge in [-0.2, -0.15) is 0 Å². The summed E-state index contributed by atoms with van der Waals surface area (Å²) in [5.41, 5.74) is -1.34. The minimum absolute atomic E-state index is 0.362. The highest BCUT2D eigenvalue weighted by Crippen LogP contribution is 2.37. The summed E-state index contributed by atoms with van der Waals surface area (Å²) in [5.74, 6) is 0.669. The molecule has 1 aromatic carbocycles. The van der Waals surface area contributed by atoms with Crippen LogP contribution in [0.5, 0.6) is 17.2 Å². The molecule has 0 aliphatic carbocycles. The van der Waals surface area contributed by atoms with E-state index in [0.29, 0.717) is 35.3 Å². The number of aromatic nitrogens is 1. The van der Waals surface area contributed by atoms with Gasteiger partial charge in [0.25, 0.3) is 17.4 Å². The second-order valence-corrected chi connectivity index (χ2v) is 6.03. The third-order valence-corrected chi connectivity index (χ3v) is 4.38. The molecule has 0 unspecified atom stereocenters. The molecule has 142 valence electrons. The summed E-state index contributed by atoms with van der Waals surface area (Å²) < 4.78 is 16.2. The molecule has 0 saturated heterocycles. The van der Waals surface area contributed by atoms with Gasteiger partial charge in [-0.1, -0.05) is 0 Å². The predicted molar refractivity (Wildman–Crippen MR) is 99.5 cm³/mol. The van der Waals surface area contributed by atoms with Crippen LogP contribution >= 0.6 is 0 Å². The van der Waals surface area contributed by atoms with E-state index in [0.717, 1.165) is 0 Å². The van der Waals surface area contributed by atoms with E-state index < -0.39 is 17.4 Å². The number of ether oxygens (including phenoxy) is 3. The number of benzene rings is 1. The van der Waals surface area contributed by atoms with Gasteiger partial charge in [-0.3, -0.25) is 14.5 Å². The lowest BCUT2D eigenvalue weighted by molar-refractivity contribution is -0.145. The molecule has 1 aliphatic heterocycles. The van der Waals surface area contributed by atoms with Crippen LogP contribution in [0, 0.1) is 0 Å². The first-order chi connectivity index (χ1) is 12.9. The topological polar surface area (TPSA) is 90.0 Å². The number of anilines is 2. The van der Waals surface area contributed by atoms with E-state index >= 15 is 0 Å². The normalized spacial score (nSPS) is 18.4. The second kappa shape index (κ2) is 7.14. The number of amides is 2. The van der Waals surface area contributed by atoms with Crippen molar-refractivity contribution in [1.29, 1.82) is 0 Å². The number of pyridine rings is 1. The van der Waals surface area contributed by atoms with Gasteiger partial charge in [0.1, 0.15) is 11.5 Å². The van der Waals surface area contributed by atoms with Crippen LogP contribution in [-0.4, -0.2) is 43.2 Å². The first-order valence-electron chi connectivity index (χ1n) is 8.44. The van der Waals surface area contributed by atoms with Crippen molar-refractivity contribution in [2.24, 2.45) is 0 Å². The van der Waals surface area contributed by atoms with Crippen LogP contribution in [0.3, 0.4) is 0 Å². The molecule has 1 aromatic heterocycles. The Balaban J connectivity index is 1.93. The molecule has 8 nitrogen and oxygen atoms in total. The molecule has 8 heteroatoms. The Kier molecular flexibility index (Phi) is 4.89. The summed E-state index contributed by atoms with van der Waals surface area (Å²) >= 11 is 0. The maximum atomic E-state index is 13.0. The Morgan fingerprint density at radius 3 is 2.74 bits per heavy atom. The van der Waals surface area contributed by atoms with Crippen LogP contribution in [0.2, 0.25) is 0 Å². The number of hydrogen-bond donors (Lipinski definition) is 1. The Bertz CT molecular complexity index is 885. The lowest BCUT2D eigenvalue weighted by atomic mass is 10.0. The fourth-order valence-corrected chi connectivity index (χ4v) is 2.86. The molecule has 2 heterocycles. The Hall–Kier alpha value is -3.29. The number of rotatable bonds is 5. The van der Waals surface area contributed by atoms with Crippen molar-refractivity contribution >= 4 is 23.3 Å². The van der Waals surface area contributed by atoms with Crippen molar-refractivity contribution in [3.05, 3.63) is 36.5 Å². The van der Waals surface area contributed by atoms with Gasteiger partial charge in [0.15, 0.2) is 11.6 Å². The third kappa shape index (κ3) is 3.14. The minimum Gasteiger partial charge on any atom is -0.497 e. The zero-order valence-electron chi connectivity index (χ0n) is 15.6. The van der Waals surface area contributed by atoms with E-state index in [1.54, 1.807) is 36.5 Å². The number of nitrogens with zero attached hydrogens (tertiary/aromatic N) is 2. The Morgan fingerprint density at radius 2 is 2.07 bits per heavy atom. The maximum Gasteiger partial charge on any atom is 0.282 e. The number of nitrogens with one attached hydrogen (secondary N) is 1.